The van der Waals surface area contributed by atoms with Crippen LogP contribution in [-0.4, -0.2) is 31.1 Å². The molecule has 100 valence electrons. The van der Waals surface area contributed by atoms with E-state index in [-0.39, 0.29) is 11.9 Å². The van der Waals surface area contributed by atoms with Crippen molar-refractivity contribution in [1.82, 2.24) is 5.32 Å². The number of unbranched alkanes of at least 4 members (excludes halogenated alkanes) is 2. The van der Waals surface area contributed by atoms with Gasteiger partial charge >= 0.3 is 5.97 Å². The van der Waals surface area contributed by atoms with Crippen molar-refractivity contribution in [3.05, 3.63) is 0 Å². The fourth-order valence-corrected chi connectivity index (χ4v) is 1.22. The average molecular weight is 244 g/mol. The molecule has 0 aliphatic rings. The van der Waals surface area contributed by atoms with Crippen molar-refractivity contribution in [2.24, 2.45) is 5.73 Å². The van der Waals surface area contributed by atoms with Gasteiger partial charge in [0.1, 0.15) is 0 Å². The zero-order valence-corrected chi connectivity index (χ0v) is 10.8. The summed E-state index contributed by atoms with van der Waals surface area (Å²) < 4.78 is 5.01. The van der Waals surface area contributed by atoms with Crippen LogP contribution >= 0.6 is 0 Å². The molecule has 17 heavy (non-hydrogen) atoms. The van der Waals surface area contributed by atoms with E-state index in [4.69, 9.17) is 10.5 Å². The van der Waals surface area contributed by atoms with Gasteiger partial charge in [-0.15, -0.1) is 0 Å². The van der Waals surface area contributed by atoms with Crippen LogP contribution in [0.15, 0.2) is 0 Å². The molecule has 0 spiro atoms. The smallest absolute Gasteiger partial charge is 0.305 e. The topological polar surface area (TPSA) is 81.4 Å². The summed E-state index contributed by atoms with van der Waals surface area (Å²) in [6.45, 7) is 4.56. The molecule has 0 saturated carbocycles. The number of ether oxygens (including phenoxy) is 1. The summed E-state index contributed by atoms with van der Waals surface area (Å²) in [6.07, 6.45) is 4.14. The van der Waals surface area contributed by atoms with Crippen molar-refractivity contribution in [3.8, 4) is 0 Å². The van der Waals surface area contributed by atoms with Gasteiger partial charge in [0.05, 0.1) is 12.6 Å². The zero-order chi connectivity index (χ0) is 13.1. The quantitative estimate of drug-likeness (QED) is 0.467. The van der Waals surface area contributed by atoms with Gasteiger partial charge in [-0.25, -0.2) is 0 Å². The number of carbonyl (C=O) groups excluding carboxylic acids is 2. The van der Waals surface area contributed by atoms with Crippen molar-refractivity contribution >= 4 is 11.9 Å². The van der Waals surface area contributed by atoms with Crippen LogP contribution in [-0.2, 0) is 14.3 Å². The third-order valence-corrected chi connectivity index (χ3v) is 2.28. The second kappa shape index (κ2) is 10.1. The average Bonchev–Trinajstić information content (AvgIpc) is 2.28. The normalized spacial score (nSPS) is 11.9. The molecular weight excluding hydrogens is 220 g/mol. The van der Waals surface area contributed by atoms with Gasteiger partial charge in [0.25, 0.3) is 0 Å². The van der Waals surface area contributed by atoms with Crippen molar-refractivity contribution in [3.63, 3.8) is 0 Å². The Morgan fingerprint density at radius 1 is 1.29 bits per heavy atom. The summed E-state index contributed by atoms with van der Waals surface area (Å²) in [4.78, 5) is 22.3. The molecule has 0 rings (SSSR count). The second-order valence-corrected chi connectivity index (χ2v) is 4.11. The molecule has 5 heteroatoms. The lowest BCUT2D eigenvalue weighted by molar-refractivity contribution is -0.143. The van der Waals surface area contributed by atoms with Crippen LogP contribution < -0.4 is 11.1 Å². The Morgan fingerprint density at radius 3 is 2.59 bits per heavy atom. The van der Waals surface area contributed by atoms with Crippen LogP contribution in [0.25, 0.3) is 0 Å². The van der Waals surface area contributed by atoms with E-state index in [1.807, 2.05) is 0 Å². The van der Waals surface area contributed by atoms with Crippen molar-refractivity contribution in [2.45, 2.75) is 52.0 Å². The summed E-state index contributed by atoms with van der Waals surface area (Å²) in [7, 11) is 0. The van der Waals surface area contributed by atoms with Crippen LogP contribution in [0.2, 0.25) is 0 Å². The molecule has 0 aromatic rings. The van der Waals surface area contributed by atoms with Crippen molar-refractivity contribution in [1.29, 1.82) is 0 Å². The lowest BCUT2D eigenvalue weighted by Crippen LogP contribution is -2.38. The molecule has 1 atom stereocenters. The number of amides is 1. The molecule has 0 aromatic carbocycles. The van der Waals surface area contributed by atoms with E-state index in [0.29, 0.717) is 26.0 Å². The fraction of sp³-hybridized carbons (Fsp3) is 0.833. The number of carbonyl (C=O) groups is 2. The van der Waals surface area contributed by atoms with Crippen LogP contribution in [0.4, 0.5) is 0 Å². The van der Waals surface area contributed by atoms with Crippen LogP contribution in [0.5, 0.6) is 0 Å². The minimum absolute atomic E-state index is 0.156. The predicted molar refractivity (Wildman–Crippen MR) is 66.4 cm³/mol. The number of hydrogen-bond donors (Lipinski definition) is 2. The lowest BCUT2D eigenvalue weighted by atomic mass is 10.2. The maximum atomic E-state index is 11.2. The van der Waals surface area contributed by atoms with Gasteiger partial charge in [0.15, 0.2) is 0 Å². The molecule has 0 fully saturated rings. The summed E-state index contributed by atoms with van der Waals surface area (Å²) in [5, 5.41) is 2.65. The first-order valence-corrected chi connectivity index (χ1v) is 6.26. The Bertz CT molecular complexity index is 230. The van der Waals surface area contributed by atoms with Gasteiger partial charge in [-0.1, -0.05) is 19.8 Å². The molecule has 0 aromatic heterocycles. The van der Waals surface area contributed by atoms with E-state index in [1.54, 1.807) is 6.92 Å². The fourth-order valence-electron chi connectivity index (χ4n) is 1.22. The monoisotopic (exact) mass is 244 g/mol. The molecule has 0 bridgehead atoms. The standard InChI is InChI=1S/C12H24N2O3/c1-3-4-5-7-11(15)17-9-6-8-14-12(16)10(2)13/h10H,3-9,13H2,1-2H3,(H,14,16). The maximum Gasteiger partial charge on any atom is 0.305 e. The first kappa shape index (κ1) is 15.9. The van der Waals surface area contributed by atoms with E-state index in [2.05, 4.69) is 12.2 Å². The highest BCUT2D eigenvalue weighted by Crippen LogP contribution is 2.00. The van der Waals surface area contributed by atoms with Gasteiger partial charge in [0.2, 0.25) is 5.91 Å². The Morgan fingerprint density at radius 2 is 2.00 bits per heavy atom. The first-order chi connectivity index (χ1) is 8.07. The molecular formula is C12H24N2O3. The number of rotatable bonds is 9. The lowest BCUT2D eigenvalue weighted by Gasteiger charge is -2.08. The Labute approximate surface area is 103 Å². The van der Waals surface area contributed by atoms with Crippen LogP contribution in [0, 0.1) is 0 Å². The molecule has 5 nitrogen and oxygen atoms in total. The van der Waals surface area contributed by atoms with E-state index >= 15 is 0 Å². The second-order valence-electron chi connectivity index (χ2n) is 4.11. The van der Waals surface area contributed by atoms with E-state index < -0.39 is 6.04 Å². The van der Waals surface area contributed by atoms with Gasteiger partial charge in [-0.2, -0.15) is 0 Å². The number of hydrogen-bond acceptors (Lipinski definition) is 4. The van der Waals surface area contributed by atoms with Crippen molar-refractivity contribution in [2.75, 3.05) is 13.2 Å². The molecule has 1 amide bonds. The van der Waals surface area contributed by atoms with Crippen LogP contribution in [0.1, 0.15) is 46.0 Å². The summed E-state index contributed by atoms with van der Waals surface area (Å²) in [5.41, 5.74) is 5.37. The third-order valence-electron chi connectivity index (χ3n) is 2.28. The Kier molecular flexibility index (Phi) is 9.43. The largest absolute Gasteiger partial charge is 0.466 e. The predicted octanol–water partition coefficient (Wildman–Crippen LogP) is 0.963. The molecule has 0 aliphatic heterocycles. The van der Waals surface area contributed by atoms with E-state index in [0.717, 1.165) is 19.3 Å². The first-order valence-electron chi connectivity index (χ1n) is 6.26. The SMILES string of the molecule is CCCCCC(=O)OCCCNC(=O)C(C)N. The summed E-state index contributed by atoms with van der Waals surface area (Å²) in [6, 6.07) is -0.494. The van der Waals surface area contributed by atoms with Gasteiger partial charge in [-0.05, 0) is 19.8 Å². The highest BCUT2D eigenvalue weighted by atomic mass is 16.5. The molecule has 3 N–H and O–H groups in total. The summed E-state index contributed by atoms with van der Waals surface area (Å²) >= 11 is 0. The zero-order valence-electron chi connectivity index (χ0n) is 10.8. The molecule has 1 unspecified atom stereocenters. The van der Waals surface area contributed by atoms with Crippen molar-refractivity contribution < 1.29 is 14.3 Å². The summed E-state index contributed by atoms with van der Waals surface area (Å²) in [5.74, 6) is -0.337. The van der Waals surface area contributed by atoms with Gasteiger partial charge < -0.3 is 15.8 Å². The van der Waals surface area contributed by atoms with Gasteiger partial charge in [0, 0.05) is 13.0 Å². The molecule has 0 radical (unpaired) electrons. The van der Waals surface area contributed by atoms with Gasteiger partial charge in [-0.3, -0.25) is 9.59 Å². The molecule has 0 heterocycles. The highest BCUT2D eigenvalue weighted by molar-refractivity contribution is 5.80. The van der Waals surface area contributed by atoms with Crippen LogP contribution in [0.3, 0.4) is 0 Å². The Hall–Kier alpha value is -1.10. The Balaban J connectivity index is 3.33. The maximum absolute atomic E-state index is 11.2. The minimum Gasteiger partial charge on any atom is -0.466 e. The molecule has 0 saturated heterocycles. The highest BCUT2D eigenvalue weighted by Gasteiger charge is 2.06. The number of nitrogens with two attached hydrogens (primary N) is 1. The minimum atomic E-state index is -0.494. The van der Waals surface area contributed by atoms with E-state index in [1.165, 1.54) is 0 Å². The number of nitrogens with one attached hydrogen (secondary N) is 1. The third kappa shape index (κ3) is 9.81. The number of esters is 1. The van der Waals surface area contributed by atoms with E-state index in [9.17, 15) is 9.59 Å². The molecule has 0 aliphatic carbocycles.